The Labute approximate surface area is 70.3 Å². The molecule has 0 spiro atoms. The molecule has 0 fully saturated rings. The number of rotatable bonds is 5. The molecule has 0 saturated carbocycles. The standard InChI is InChI=1S/C9H22N2/c1-8(2)6-9(3,7-11)4-5-10/h8H,4-7,10-11H2,1-3H3. The summed E-state index contributed by atoms with van der Waals surface area (Å²) in [5, 5.41) is 0. The lowest BCUT2D eigenvalue weighted by Crippen LogP contribution is -2.31. The Morgan fingerprint density at radius 3 is 2.09 bits per heavy atom. The fourth-order valence-electron chi connectivity index (χ4n) is 1.62. The van der Waals surface area contributed by atoms with E-state index in [1.165, 1.54) is 6.42 Å². The Bertz CT molecular complexity index is 102. The van der Waals surface area contributed by atoms with E-state index in [9.17, 15) is 0 Å². The third kappa shape index (κ3) is 4.38. The summed E-state index contributed by atoms with van der Waals surface area (Å²) < 4.78 is 0. The van der Waals surface area contributed by atoms with E-state index in [1.54, 1.807) is 0 Å². The molecular formula is C9H22N2. The van der Waals surface area contributed by atoms with Crippen molar-refractivity contribution in [3.05, 3.63) is 0 Å². The zero-order chi connectivity index (χ0) is 8.91. The van der Waals surface area contributed by atoms with Crippen molar-refractivity contribution in [2.75, 3.05) is 13.1 Å². The van der Waals surface area contributed by atoms with Gasteiger partial charge < -0.3 is 11.5 Å². The molecule has 0 saturated heterocycles. The largest absolute Gasteiger partial charge is 0.330 e. The molecule has 0 amide bonds. The third-order valence-corrected chi connectivity index (χ3v) is 2.14. The van der Waals surface area contributed by atoms with Gasteiger partial charge in [0.05, 0.1) is 0 Å². The number of hydrogen-bond acceptors (Lipinski definition) is 2. The molecule has 1 atom stereocenters. The van der Waals surface area contributed by atoms with E-state index < -0.39 is 0 Å². The summed E-state index contributed by atoms with van der Waals surface area (Å²) in [5.74, 6) is 0.718. The predicted octanol–water partition coefficient (Wildman–Crippen LogP) is 1.35. The van der Waals surface area contributed by atoms with Crippen molar-refractivity contribution in [1.29, 1.82) is 0 Å². The molecule has 1 unspecified atom stereocenters. The van der Waals surface area contributed by atoms with Gasteiger partial charge in [0.2, 0.25) is 0 Å². The summed E-state index contributed by atoms with van der Waals surface area (Å²) in [5.41, 5.74) is 11.5. The highest BCUT2D eigenvalue weighted by Crippen LogP contribution is 2.27. The van der Waals surface area contributed by atoms with E-state index >= 15 is 0 Å². The summed E-state index contributed by atoms with van der Waals surface area (Å²) in [6, 6.07) is 0. The minimum Gasteiger partial charge on any atom is -0.330 e. The highest BCUT2D eigenvalue weighted by molar-refractivity contribution is 4.76. The van der Waals surface area contributed by atoms with E-state index in [0.717, 1.165) is 25.4 Å². The van der Waals surface area contributed by atoms with Gasteiger partial charge in [-0.05, 0) is 37.3 Å². The van der Waals surface area contributed by atoms with Crippen molar-refractivity contribution in [3.63, 3.8) is 0 Å². The Hall–Kier alpha value is -0.0800. The molecule has 0 aromatic heterocycles. The van der Waals surface area contributed by atoms with Gasteiger partial charge in [0.15, 0.2) is 0 Å². The number of hydrogen-bond donors (Lipinski definition) is 2. The maximum atomic E-state index is 5.69. The molecule has 68 valence electrons. The summed E-state index contributed by atoms with van der Waals surface area (Å²) in [4.78, 5) is 0. The molecule has 0 bridgehead atoms. The van der Waals surface area contributed by atoms with Gasteiger partial charge in [-0.15, -0.1) is 0 Å². The molecule has 2 heteroatoms. The number of nitrogens with two attached hydrogens (primary N) is 2. The summed E-state index contributed by atoms with van der Waals surface area (Å²) in [6.07, 6.45) is 2.22. The SMILES string of the molecule is CC(C)CC(C)(CN)CCN. The highest BCUT2D eigenvalue weighted by atomic mass is 14.6. The molecule has 11 heavy (non-hydrogen) atoms. The van der Waals surface area contributed by atoms with Crippen LogP contribution in [0.25, 0.3) is 0 Å². The molecule has 0 radical (unpaired) electrons. The second-order valence-corrected chi connectivity index (χ2v) is 4.15. The zero-order valence-corrected chi connectivity index (χ0v) is 8.06. The second-order valence-electron chi connectivity index (χ2n) is 4.15. The molecule has 2 nitrogen and oxygen atoms in total. The van der Waals surface area contributed by atoms with Crippen molar-refractivity contribution < 1.29 is 0 Å². The lowest BCUT2D eigenvalue weighted by molar-refractivity contribution is 0.250. The normalized spacial score (nSPS) is 16.9. The topological polar surface area (TPSA) is 52.0 Å². The zero-order valence-electron chi connectivity index (χ0n) is 8.06. The summed E-state index contributed by atoms with van der Waals surface area (Å²) >= 11 is 0. The first-order valence-electron chi connectivity index (χ1n) is 4.44. The van der Waals surface area contributed by atoms with Crippen LogP contribution in [0.3, 0.4) is 0 Å². The lowest BCUT2D eigenvalue weighted by Gasteiger charge is -2.29. The first-order chi connectivity index (χ1) is 5.04. The van der Waals surface area contributed by atoms with Crippen LogP contribution in [0.4, 0.5) is 0 Å². The van der Waals surface area contributed by atoms with Crippen molar-refractivity contribution in [2.45, 2.75) is 33.6 Å². The molecule has 0 aliphatic carbocycles. The van der Waals surface area contributed by atoms with Crippen molar-refractivity contribution in [1.82, 2.24) is 0 Å². The lowest BCUT2D eigenvalue weighted by atomic mass is 9.79. The molecule has 0 heterocycles. The van der Waals surface area contributed by atoms with Crippen LogP contribution >= 0.6 is 0 Å². The molecule has 0 aliphatic rings. The van der Waals surface area contributed by atoms with Crippen LogP contribution in [0.5, 0.6) is 0 Å². The second kappa shape index (κ2) is 4.73. The Morgan fingerprint density at radius 2 is 1.82 bits per heavy atom. The van der Waals surface area contributed by atoms with Crippen LogP contribution in [0, 0.1) is 11.3 Å². The van der Waals surface area contributed by atoms with Crippen molar-refractivity contribution in [2.24, 2.45) is 22.8 Å². The van der Waals surface area contributed by atoms with Crippen LogP contribution in [-0.2, 0) is 0 Å². The maximum absolute atomic E-state index is 5.69. The summed E-state index contributed by atoms with van der Waals surface area (Å²) in [7, 11) is 0. The molecule has 0 aromatic rings. The van der Waals surface area contributed by atoms with E-state index in [2.05, 4.69) is 20.8 Å². The quantitative estimate of drug-likeness (QED) is 0.634. The van der Waals surface area contributed by atoms with Gasteiger partial charge in [0.25, 0.3) is 0 Å². The van der Waals surface area contributed by atoms with E-state index in [-0.39, 0.29) is 5.41 Å². The van der Waals surface area contributed by atoms with Crippen LogP contribution in [-0.4, -0.2) is 13.1 Å². The fraction of sp³-hybridized carbons (Fsp3) is 1.00. The Morgan fingerprint density at radius 1 is 1.27 bits per heavy atom. The third-order valence-electron chi connectivity index (χ3n) is 2.14. The maximum Gasteiger partial charge on any atom is -0.00226 e. The van der Waals surface area contributed by atoms with Crippen LogP contribution in [0.1, 0.15) is 33.6 Å². The Balaban J connectivity index is 3.87. The van der Waals surface area contributed by atoms with E-state index in [4.69, 9.17) is 11.5 Å². The highest BCUT2D eigenvalue weighted by Gasteiger charge is 2.22. The predicted molar refractivity (Wildman–Crippen MR) is 50.3 cm³/mol. The van der Waals surface area contributed by atoms with Crippen LogP contribution in [0.15, 0.2) is 0 Å². The minimum atomic E-state index is 0.267. The van der Waals surface area contributed by atoms with Gasteiger partial charge in [0, 0.05) is 0 Å². The van der Waals surface area contributed by atoms with Gasteiger partial charge in [-0.2, -0.15) is 0 Å². The molecule has 0 aromatic carbocycles. The van der Waals surface area contributed by atoms with Gasteiger partial charge in [-0.3, -0.25) is 0 Å². The minimum absolute atomic E-state index is 0.267. The monoisotopic (exact) mass is 158 g/mol. The molecule has 4 N–H and O–H groups in total. The molecular weight excluding hydrogens is 136 g/mol. The van der Waals surface area contributed by atoms with E-state index in [1.807, 2.05) is 0 Å². The molecule has 0 aliphatic heterocycles. The van der Waals surface area contributed by atoms with Crippen molar-refractivity contribution in [3.8, 4) is 0 Å². The van der Waals surface area contributed by atoms with Gasteiger partial charge >= 0.3 is 0 Å². The smallest absolute Gasteiger partial charge is 0.00226 e. The first kappa shape index (κ1) is 10.9. The van der Waals surface area contributed by atoms with E-state index in [0.29, 0.717) is 0 Å². The van der Waals surface area contributed by atoms with Gasteiger partial charge in [-0.1, -0.05) is 20.8 Å². The first-order valence-corrected chi connectivity index (χ1v) is 4.44. The Kier molecular flexibility index (Phi) is 4.69. The average molecular weight is 158 g/mol. The van der Waals surface area contributed by atoms with Gasteiger partial charge in [0.1, 0.15) is 0 Å². The van der Waals surface area contributed by atoms with Gasteiger partial charge in [-0.25, -0.2) is 0 Å². The van der Waals surface area contributed by atoms with Crippen molar-refractivity contribution >= 4 is 0 Å². The molecule has 0 rings (SSSR count). The van der Waals surface area contributed by atoms with Crippen LogP contribution in [0.2, 0.25) is 0 Å². The average Bonchev–Trinajstić information content (AvgIpc) is 1.87. The van der Waals surface area contributed by atoms with Crippen LogP contribution < -0.4 is 11.5 Å². The fourth-order valence-corrected chi connectivity index (χ4v) is 1.62. The summed E-state index contributed by atoms with van der Waals surface area (Å²) in [6.45, 7) is 8.18.